The van der Waals surface area contributed by atoms with Gasteiger partial charge >= 0.3 is 0 Å². The van der Waals surface area contributed by atoms with E-state index < -0.39 is 17.7 Å². The Bertz CT molecular complexity index is 714. The highest BCUT2D eigenvalue weighted by Crippen LogP contribution is 2.39. The summed E-state index contributed by atoms with van der Waals surface area (Å²) in [5.74, 6) is -1.02. The zero-order valence-electron chi connectivity index (χ0n) is 10.8. The lowest BCUT2D eigenvalue weighted by Crippen LogP contribution is -2.34. The average molecular weight is 332 g/mol. The van der Waals surface area contributed by atoms with Crippen molar-refractivity contribution in [2.45, 2.75) is 6.04 Å². The number of hydrogen-bond donors (Lipinski definition) is 0. The van der Waals surface area contributed by atoms with Gasteiger partial charge in [0, 0.05) is 12.1 Å². The van der Waals surface area contributed by atoms with Gasteiger partial charge in [0.15, 0.2) is 23.2 Å². The minimum atomic E-state index is -0.992. The van der Waals surface area contributed by atoms with Gasteiger partial charge in [-0.25, -0.2) is 13.8 Å². The molecule has 0 fully saturated rings. The summed E-state index contributed by atoms with van der Waals surface area (Å²) in [6.07, 6.45) is 1.46. The summed E-state index contributed by atoms with van der Waals surface area (Å²) in [4.78, 5) is 9.66. The van der Waals surface area contributed by atoms with Gasteiger partial charge in [0.2, 0.25) is 5.28 Å². The van der Waals surface area contributed by atoms with Crippen LogP contribution in [0.15, 0.2) is 18.3 Å². The second-order valence-corrected chi connectivity index (χ2v) is 5.30. The molecule has 8 heteroatoms. The topological polar surface area (TPSA) is 38.2 Å². The van der Waals surface area contributed by atoms with Crippen LogP contribution in [0.1, 0.15) is 11.6 Å². The molecule has 0 bridgehead atoms. The lowest BCUT2D eigenvalue weighted by molar-refractivity contribution is 0.264. The molecule has 3 rings (SSSR count). The Balaban J connectivity index is 2.04. The number of fused-ring (bicyclic) bond motifs is 1. The van der Waals surface area contributed by atoms with Crippen molar-refractivity contribution in [3.63, 3.8) is 0 Å². The number of nitrogens with zero attached hydrogens (tertiary/aromatic N) is 3. The Morgan fingerprint density at radius 1 is 1.29 bits per heavy atom. The van der Waals surface area contributed by atoms with E-state index in [4.69, 9.17) is 27.9 Å². The van der Waals surface area contributed by atoms with E-state index in [2.05, 4.69) is 9.97 Å². The van der Waals surface area contributed by atoms with Crippen molar-refractivity contribution in [1.82, 2.24) is 9.97 Å². The first-order valence-electron chi connectivity index (χ1n) is 6.00. The second-order valence-electron chi connectivity index (χ2n) is 4.55. The second kappa shape index (κ2) is 5.27. The van der Waals surface area contributed by atoms with E-state index in [1.54, 1.807) is 11.9 Å². The highest BCUT2D eigenvalue weighted by molar-refractivity contribution is 6.31. The molecule has 110 valence electrons. The number of benzene rings is 1. The normalized spacial score (nSPS) is 17.4. The van der Waals surface area contributed by atoms with Crippen molar-refractivity contribution in [3.05, 3.63) is 45.8 Å². The third-order valence-corrected chi connectivity index (χ3v) is 3.81. The molecule has 21 heavy (non-hydrogen) atoms. The van der Waals surface area contributed by atoms with Crippen LogP contribution in [0.3, 0.4) is 0 Å². The molecule has 4 nitrogen and oxygen atoms in total. The lowest BCUT2D eigenvalue weighted by Gasteiger charge is -2.35. The van der Waals surface area contributed by atoms with E-state index in [0.29, 0.717) is 17.1 Å². The highest BCUT2D eigenvalue weighted by atomic mass is 35.5. The largest absolute Gasteiger partial charge is 0.486 e. The lowest BCUT2D eigenvalue weighted by atomic mass is 10.0. The standard InChI is InChI=1S/C13H9Cl2F2N3O/c1-20-10(6-2-8(16)9(17)3-7(6)14)5-21-11-4-18-13(15)19-12(11)20/h2-4,10H,5H2,1H3. The maximum absolute atomic E-state index is 13.5. The van der Waals surface area contributed by atoms with E-state index in [9.17, 15) is 8.78 Å². The van der Waals surface area contributed by atoms with E-state index in [1.807, 2.05) is 0 Å². The molecule has 1 aromatic carbocycles. The molecule has 1 aliphatic rings. The number of anilines is 1. The maximum Gasteiger partial charge on any atom is 0.224 e. The molecule has 1 aromatic heterocycles. The van der Waals surface area contributed by atoms with E-state index in [1.165, 1.54) is 6.20 Å². The van der Waals surface area contributed by atoms with Gasteiger partial charge in [0.25, 0.3) is 0 Å². The number of halogens is 4. The molecule has 0 saturated carbocycles. The fourth-order valence-electron chi connectivity index (χ4n) is 2.22. The monoisotopic (exact) mass is 331 g/mol. The van der Waals surface area contributed by atoms with Gasteiger partial charge in [-0.15, -0.1) is 0 Å². The molecule has 2 heterocycles. The molecular weight excluding hydrogens is 323 g/mol. The number of ether oxygens (including phenoxy) is 1. The molecule has 0 amide bonds. The predicted octanol–water partition coefficient (Wildman–Crippen LogP) is 3.63. The van der Waals surface area contributed by atoms with E-state index in [-0.39, 0.29) is 16.9 Å². The van der Waals surface area contributed by atoms with Crippen LogP contribution in [0.5, 0.6) is 5.75 Å². The van der Waals surface area contributed by atoms with Gasteiger partial charge in [-0.1, -0.05) is 11.6 Å². The molecule has 0 radical (unpaired) electrons. The zero-order valence-corrected chi connectivity index (χ0v) is 12.3. The van der Waals surface area contributed by atoms with Crippen molar-refractivity contribution in [2.24, 2.45) is 0 Å². The minimum absolute atomic E-state index is 0.0706. The van der Waals surface area contributed by atoms with Crippen molar-refractivity contribution in [3.8, 4) is 5.75 Å². The molecule has 0 N–H and O–H groups in total. The van der Waals surface area contributed by atoms with Crippen LogP contribution in [-0.4, -0.2) is 23.6 Å². The summed E-state index contributed by atoms with van der Waals surface area (Å²) in [5, 5.41) is 0.194. The Labute approximate surface area is 129 Å². The van der Waals surface area contributed by atoms with Crippen molar-refractivity contribution in [2.75, 3.05) is 18.6 Å². The van der Waals surface area contributed by atoms with Gasteiger partial charge in [-0.05, 0) is 29.3 Å². The van der Waals surface area contributed by atoms with E-state index >= 15 is 0 Å². The predicted molar refractivity (Wildman–Crippen MR) is 75.0 cm³/mol. The number of aromatic nitrogens is 2. The van der Waals surface area contributed by atoms with Crippen LogP contribution in [-0.2, 0) is 0 Å². The van der Waals surface area contributed by atoms with Crippen LogP contribution in [0, 0.1) is 11.6 Å². The van der Waals surface area contributed by atoms with Crippen LogP contribution in [0.4, 0.5) is 14.6 Å². The third kappa shape index (κ3) is 2.49. The van der Waals surface area contributed by atoms with Crippen LogP contribution >= 0.6 is 23.2 Å². The maximum atomic E-state index is 13.5. The van der Waals surface area contributed by atoms with E-state index in [0.717, 1.165) is 12.1 Å². The Morgan fingerprint density at radius 3 is 2.76 bits per heavy atom. The molecular formula is C13H9Cl2F2N3O. The number of hydrogen-bond acceptors (Lipinski definition) is 4. The van der Waals surface area contributed by atoms with Gasteiger partial charge in [0.1, 0.15) is 6.61 Å². The summed E-state index contributed by atoms with van der Waals surface area (Å²) in [5.41, 5.74) is 0.415. The van der Waals surface area contributed by atoms with Crippen molar-refractivity contribution >= 4 is 29.0 Å². The highest BCUT2D eigenvalue weighted by Gasteiger charge is 2.30. The quantitative estimate of drug-likeness (QED) is 0.590. The summed E-state index contributed by atoms with van der Waals surface area (Å²) in [7, 11) is 1.74. The fraction of sp³-hybridized carbons (Fsp3) is 0.231. The van der Waals surface area contributed by atoms with Crippen LogP contribution in [0.25, 0.3) is 0 Å². The smallest absolute Gasteiger partial charge is 0.224 e. The summed E-state index contributed by atoms with van der Waals surface area (Å²) < 4.78 is 32.2. The summed E-state index contributed by atoms with van der Waals surface area (Å²) >= 11 is 11.8. The molecule has 2 aromatic rings. The Kier molecular flexibility index (Phi) is 3.59. The van der Waals surface area contributed by atoms with Gasteiger partial charge in [0.05, 0.1) is 12.2 Å². The Hall–Kier alpha value is -1.66. The first-order chi connectivity index (χ1) is 9.97. The molecule has 1 aliphatic heterocycles. The molecule has 1 atom stereocenters. The van der Waals surface area contributed by atoms with Crippen molar-refractivity contribution < 1.29 is 13.5 Å². The van der Waals surface area contributed by atoms with Gasteiger partial charge in [-0.2, -0.15) is 4.98 Å². The third-order valence-electron chi connectivity index (χ3n) is 3.30. The van der Waals surface area contributed by atoms with Crippen LogP contribution in [0.2, 0.25) is 10.3 Å². The first kappa shape index (κ1) is 14.3. The molecule has 1 unspecified atom stereocenters. The minimum Gasteiger partial charge on any atom is -0.486 e. The SMILES string of the molecule is CN1c2nc(Cl)ncc2OCC1c1cc(F)c(F)cc1Cl. The number of likely N-dealkylation sites (N-methyl/N-ethyl adjacent to an activating group) is 1. The Morgan fingerprint density at radius 2 is 2.00 bits per heavy atom. The van der Waals surface area contributed by atoms with Crippen LogP contribution < -0.4 is 9.64 Å². The van der Waals surface area contributed by atoms with Crippen molar-refractivity contribution in [1.29, 1.82) is 0 Å². The molecule has 0 spiro atoms. The van der Waals surface area contributed by atoms with Gasteiger partial charge in [-0.3, -0.25) is 0 Å². The summed E-state index contributed by atoms with van der Waals surface area (Å²) in [6.45, 7) is 0.208. The van der Waals surface area contributed by atoms with Gasteiger partial charge < -0.3 is 9.64 Å². The average Bonchev–Trinajstić information content (AvgIpc) is 2.44. The zero-order chi connectivity index (χ0) is 15.1. The molecule has 0 aliphatic carbocycles. The number of rotatable bonds is 1. The summed E-state index contributed by atoms with van der Waals surface area (Å²) in [6, 6.07) is 1.60. The first-order valence-corrected chi connectivity index (χ1v) is 6.75. The molecule has 0 saturated heterocycles. The fourth-order valence-corrected chi connectivity index (χ4v) is 2.62.